The highest BCUT2D eigenvalue weighted by Crippen LogP contribution is 2.14. The smallest absolute Gasteiger partial charge is 0.330 e. The van der Waals surface area contributed by atoms with E-state index in [1.54, 1.807) is 31.2 Å². The fourth-order valence-electron chi connectivity index (χ4n) is 1.08. The van der Waals surface area contributed by atoms with Gasteiger partial charge < -0.3 is 10.1 Å². The van der Waals surface area contributed by atoms with Crippen LogP contribution in [0, 0.1) is 0 Å². The Kier molecular flexibility index (Phi) is 5.23. The number of hydrogen-bond acceptors (Lipinski definition) is 3. The molecule has 1 amide bonds. The molecule has 0 spiro atoms. The number of nitrogens with one attached hydrogen (secondary N) is 1. The van der Waals surface area contributed by atoms with Gasteiger partial charge in [0.25, 0.3) is 5.91 Å². The number of carbonyl (C=O) groups is 2. The Balaban J connectivity index is 2.42. The normalized spacial score (nSPS) is 10.2. The van der Waals surface area contributed by atoms with E-state index in [4.69, 9.17) is 11.6 Å². The molecule has 0 atom stereocenters. The van der Waals surface area contributed by atoms with Crippen LogP contribution in [0.3, 0.4) is 0 Å². The van der Waals surface area contributed by atoms with E-state index in [2.05, 4.69) is 10.1 Å². The van der Waals surface area contributed by atoms with Crippen LogP contribution in [0.4, 0.5) is 5.69 Å². The highest BCUT2D eigenvalue weighted by atomic mass is 35.5. The molecule has 0 radical (unpaired) electrons. The van der Waals surface area contributed by atoms with Crippen molar-refractivity contribution >= 4 is 29.2 Å². The third kappa shape index (κ3) is 5.17. The minimum Gasteiger partial charge on any atom is -0.452 e. The van der Waals surface area contributed by atoms with Gasteiger partial charge in [-0.3, -0.25) is 4.79 Å². The summed E-state index contributed by atoms with van der Waals surface area (Å²) in [5, 5.41) is 3.08. The molecule has 0 heterocycles. The third-order valence-corrected chi connectivity index (χ3v) is 1.99. The number of benzene rings is 1. The number of rotatable bonds is 4. The van der Waals surface area contributed by atoms with Crippen LogP contribution >= 0.6 is 11.6 Å². The molecule has 0 bridgehead atoms. The van der Waals surface area contributed by atoms with Crippen LogP contribution in [0.15, 0.2) is 36.4 Å². The van der Waals surface area contributed by atoms with Crippen molar-refractivity contribution in [1.82, 2.24) is 0 Å². The first-order valence-electron chi connectivity index (χ1n) is 4.96. The highest BCUT2D eigenvalue weighted by Gasteiger charge is 2.05. The molecule has 1 aromatic carbocycles. The molecule has 0 aliphatic heterocycles. The molecule has 1 aromatic rings. The van der Waals surface area contributed by atoms with Gasteiger partial charge in [0.15, 0.2) is 6.61 Å². The van der Waals surface area contributed by atoms with Crippen LogP contribution in [0.1, 0.15) is 6.92 Å². The third-order valence-electron chi connectivity index (χ3n) is 1.76. The van der Waals surface area contributed by atoms with Gasteiger partial charge in [0.05, 0.1) is 0 Å². The fraction of sp³-hybridized carbons (Fsp3) is 0.167. The van der Waals surface area contributed by atoms with Gasteiger partial charge >= 0.3 is 5.97 Å². The second-order valence-electron chi connectivity index (χ2n) is 3.17. The minimum absolute atomic E-state index is 0.324. The zero-order chi connectivity index (χ0) is 12.7. The lowest BCUT2D eigenvalue weighted by Gasteiger charge is -2.05. The maximum absolute atomic E-state index is 11.4. The Hall–Kier alpha value is -1.81. The van der Waals surface area contributed by atoms with Crippen LogP contribution < -0.4 is 5.32 Å². The average molecular weight is 254 g/mol. The maximum Gasteiger partial charge on any atom is 0.330 e. The van der Waals surface area contributed by atoms with Crippen molar-refractivity contribution in [1.29, 1.82) is 0 Å². The zero-order valence-electron chi connectivity index (χ0n) is 9.27. The van der Waals surface area contributed by atoms with Gasteiger partial charge in [0.1, 0.15) is 0 Å². The summed E-state index contributed by atoms with van der Waals surface area (Å²) in [6, 6.07) is 6.71. The molecule has 0 saturated carbocycles. The predicted octanol–water partition coefficient (Wildman–Crippen LogP) is 2.40. The minimum atomic E-state index is -0.547. The van der Waals surface area contributed by atoms with Gasteiger partial charge in [0.2, 0.25) is 0 Å². The van der Waals surface area contributed by atoms with Crippen molar-refractivity contribution in [2.24, 2.45) is 0 Å². The fourth-order valence-corrected chi connectivity index (χ4v) is 1.27. The van der Waals surface area contributed by atoms with Crippen molar-refractivity contribution in [2.45, 2.75) is 6.92 Å². The molecular formula is C12H12ClNO3. The van der Waals surface area contributed by atoms with Crippen molar-refractivity contribution in [3.63, 3.8) is 0 Å². The van der Waals surface area contributed by atoms with Gasteiger partial charge in [-0.1, -0.05) is 23.7 Å². The second-order valence-corrected chi connectivity index (χ2v) is 3.60. The van der Waals surface area contributed by atoms with Crippen LogP contribution in [0.2, 0.25) is 5.02 Å². The second kappa shape index (κ2) is 6.70. The van der Waals surface area contributed by atoms with E-state index in [0.29, 0.717) is 10.7 Å². The number of halogens is 1. The van der Waals surface area contributed by atoms with E-state index in [0.717, 1.165) is 0 Å². The Labute approximate surface area is 104 Å². The number of anilines is 1. The van der Waals surface area contributed by atoms with Crippen LogP contribution in [-0.2, 0) is 14.3 Å². The molecule has 0 aliphatic carbocycles. The molecule has 5 heteroatoms. The van der Waals surface area contributed by atoms with Crippen LogP contribution in [0.5, 0.6) is 0 Å². The van der Waals surface area contributed by atoms with Gasteiger partial charge in [0, 0.05) is 16.8 Å². The topological polar surface area (TPSA) is 55.4 Å². The number of amides is 1. The predicted molar refractivity (Wildman–Crippen MR) is 65.9 cm³/mol. The zero-order valence-corrected chi connectivity index (χ0v) is 10.0. The van der Waals surface area contributed by atoms with Crippen LogP contribution in [-0.4, -0.2) is 18.5 Å². The first kappa shape index (κ1) is 13.3. The van der Waals surface area contributed by atoms with E-state index in [1.807, 2.05) is 0 Å². The summed E-state index contributed by atoms with van der Waals surface area (Å²) in [5.41, 5.74) is 0.560. The van der Waals surface area contributed by atoms with E-state index >= 15 is 0 Å². The molecule has 0 fully saturated rings. The maximum atomic E-state index is 11.4. The summed E-state index contributed by atoms with van der Waals surface area (Å²) in [6.45, 7) is 1.36. The number of esters is 1. The molecular weight excluding hydrogens is 242 g/mol. The number of allylic oxidation sites excluding steroid dienone is 1. The molecule has 17 heavy (non-hydrogen) atoms. The Morgan fingerprint density at radius 3 is 2.88 bits per heavy atom. The van der Waals surface area contributed by atoms with Gasteiger partial charge in [-0.25, -0.2) is 4.79 Å². The highest BCUT2D eigenvalue weighted by molar-refractivity contribution is 6.30. The first-order chi connectivity index (χ1) is 8.11. The lowest BCUT2D eigenvalue weighted by Crippen LogP contribution is -2.20. The molecule has 1 rings (SSSR count). The van der Waals surface area contributed by atoms with E-state index < -0.39 is 11.9 Å². The Morgan fingerprint density at radius 1 is 1.47 bits per heavy atom. The lowest BCUT2D eigenvalue weighted by molar-refractivity contribution is -0.142. The lowest BCUT2D eigenvalue weighted by atomic mass is 10.3. The largest absolute Gasteiger partial charge is 0.452 e. The van der Waals surface area contributed by atoms with Gasteiger partial charge in [-0.2, -0.15) is 0 Å². The first-order valence-corrected chi connectivity index (χ1v) is 5.34. The van der Waals surface area contributed by atoms with E-state index in [1.165, 1.54) is 12.2 Å². The molecule has 0 saturated heterocycles. The molecule has 90 valence electrons. The van der Waals surface area contributed by atoms with Crippen molar-refractivity contribution in [3.8, 4) is 0 Å². The van der Waals surface area contributed by atoms with E-state index in [-0.39, 0.29) is 6.61 Å². The number of carbonyl (C=O) groups excluding carboxylic acids is 2. The van der Waals surface area contributed by atoms with E-state index in [9.17, 15) is 9.59 Å². The molecule has 0 aliphatic rings. The van der Waals surface area contributed by atoms with Gasteiger partial charge in [-0.05, 0) is 25.1 Å². The SMILES string of the molecule is CC=CC(=O)OCC(=O)Nc1cccc(Cl)c1. The summed E-state index contributed by atoms with van der Waals surface area (Å²) < 4.78 is 4.68. The monoisotopic (exact) mass is 253 g/mol. The number of hydrogen-bond donors (Lipinski definition) is 1. The molecule has 0 unspecified atom stereocenters. The van der Waals surface area contributed by atoms with Crippen molar-refractivity contribution in [3.05, 3.63) is 41.4 Å². The molecule has 1 N–H and O–H groups in total. The van der Waals surface area contributed by atoms with Crippen LogP contribution in [0.25, 0.3) is 0 Å². The summed E-state index contributed by atoms with van der Waals surface area (Å²) in [5.74, 6) is -0.959. The molecule has 0 aromatic heterocycles. The summed E-state index contributed by atoms with van der Waals surface area (Å²) >= 11 is 5.75. The quantitative estimate of drug-likeness (QED) is 0.662. The Morgan fingerprint density at radius 2 is 2.24 bits per heavy atom. The van der Waals surface area contributed by atoms with Crippen molar-refractivity contribution in [2.75, 3.05) is 11.9 Å². The number of ether oxygens (including phenoxy) is 1. The average Bonchev–Trinajstić information content (AvgIpc) is 2.27. The summed E-state index contributed by atoms with van der Waals surface area (Å²) in [7, 11) is 0. The van der Waals surface area contributed by atoms with Crippen molar-refractivity contribution < 1.29 is 14.3 Å². The standard InChI is InChI=1S/C12H12ClNO3/c1-2-4-12(16)17-8-11(15)14-10-6-3-5-9(13)7-10/h2-7H,8H2,1H3,(H,14,15). The Bertz CT molecular complexity index is 443. The molecule has 4 nitrogen and oxygen atoms in total. The van der Waals surface area contributed by atoms with Gasteiger partial charge in [-0.15, -0.1) is 0 Å². The summed E-state index contributed by atoms with van der Waals surface area (Å²) in [6.07, 6.45) is 2.78. The summed E-state index contributed by atoms with van der Waals surface area (Å²) in [4.78, 5) is 22.3.